The van der Waals surface area contributed by atoms with Gasteiger partial charge in [0.25, 0.3) is 0 Å². The average molecular weight is 310 g/mol. The van der Waals surface area contributed by atoms with E-state index in [0.29, 0.717) is 5.39 Å². The summed E-state index contributed by atoms with van der Waals surface area (Å²) in [6.07, 6.45) is -3.20. The number of hydrogen-bond acceptors (Lipinski definition) is 3. The van der Waals surface area contributed by atoms with Crippen molar-refractivity contribution >= 4 is 22.6 Å². The number of aromatic nitrogens is 3. The summed E-state index contributed by atoms with van der Waals surface area (Å²) in [7, 11) is 0. The number of hydrogen-bond donors (Lipinski definition) is 0. The topological polar surface area (TPSA) is 38.7 Å². The Labute approximate surface area is 122 Å². The Morgan fingerprint density at radius 3 is 2.48 bits per heavy atom. The van der Waals surface area contributed by atoms with E-state index in [1.165, 1.54) is 18.3 Å². The molecule has 21 heavy (non-hydrogen) atoms. The van der Waals surface area contributed by atoms with E-state index in [1.807, 2.05) is 0 Å². The van der Waals surface area contributed by atoms with E-state index in [0.717, 1.165) is 6.07 Å². The van der Waals surface area contributed by atoms with E-state index in [-0.39, 0.29) is 22.2 Å². The predicted molar refractivity (Wildman–Crippen MR) is 72.8 cm³/mol. The van der Waals surface area contributed by atoms with Crippen LogP contribution in [0.1, 0.15) is 5.56 Å². The van der Waals surface area contributed by atoms with Gasteiger partial charge in [0, 0.05) is 11.6 Å². The maximum Gasteiger partial charge on any atom is 0.418 e. The quantitative estimate of drug-likeness (QED) is 0.627. The molecular formula is C14H7ClF3N3. The third-order valence-corrected chi connectivity index (χ3v) is 3.08. The number of rotatable bonds is 1. The van der Waals surface area contributed by atoms with Gasteiger partial charge in [-0.1, -0.05) is 11.6 Å². The molecule has 0 fully saturated rings. The molecule has 0 unspecified atom stereocenters. The fourth-order valence-corrected chi connectivity index (χ4v) is 2.09. The normalized spacial score (nSPS) is 11.8. The van der Waals surface area contributed by atoms with Gasteiger partial charge in [0.15, 0.2) is 5.65 Å². The summed E-state index contributed by atoms with van der Waals surface area (Å²) >= 11 is 5.77. The number of fused-ring (bicyclic) bond motifs is 1. The van der Waals surface area contributed by atoms with Crippen LogP contribution in [0.2, 0.25) is 5.15 Å². The fraction of sp³-hybridized carbons (Fsp3) is 0.0714. The fourth-order valence-electron chi connectivity index (χ4n) is 1.95. The lowest BCUT2D eigenvalue weighted by Gasteiger charge is -2.11. The number of halogens is 4. The van der Waals surface area contributed by atoms with Crippen LogP contribution in [0.3, 0.4) is 0 Å². The van der Waals surface area contributed by atoms with Crippen LogP contribution < -0.4 is 0 Å². The van der Waals surface area contributed by atoms with E-state index in [2.05, 4.69) is 15.0 Å². The SMILES string of the molecule is FC(F)(F)c1cccnc1-c1ccc2ccc(Cl)nc2n1. The zero-order valence-corrected chi connectivity index (χ0v) is 11.2. The van der Waals surface area contributed by atoms with Gasteiger partial charge in [-0.05, 0) is 36.4 Å². The van der Waals surface area contributed by atoms with Gasteiger partial charge in [-0.15, -0.1) is 0 Å². The molecule has 3 heterocycles. The lowest BCUT2D eigenvalue weighted by atomic mass is 10.1. The molecular weight excluding hydrogens is 303 g/mol. The van der Waals surface area contributed by atoms with Crippen molar-refractivity contribution in [2.24, 2.45) is 0 Å². The van der Waals surface area contributed by atoms with Crippen molar-refractivity contribution < 1.29 is 13.2 Å². The summed E-state index contributed by atoms with van der Waals surface area (Å²) in [6.45, 7) is 0. The molecule has 0 aliphatic rings. The number of nitrogens with zero attached hydrogens (tertiary/aromatic N) is 3. The predicted octanol–water partition coefficient (Wildman–Crippen LogP) is 4.36. The summed E-state index contributed by atoms with van der Waals surface area (Å²) in [4.78, 5) is 11.9. The molecule has 3 aromatic rings. The molecule has 7 heteroatoms. The van der Waals surface area contributed by atoms with Gasteiger partial charge in [0.1, 0.15) is 10.8 Å². The van der Waals surface area contributed by atoms with Gasteiger partial charge in [-0.25, -0.2) is 9.97 Å². The average Bonchev–Trinajstić information content (AvgIpc) is 2.45. The van der Waals surface area contributed by atoms with Crippen molar-refractivity contribution in [1.29, 1.82) is 0 Å². The van der Waals surface area contributed by atoms with Gasteiger partial charge in [-0.3, -0.25) is 4.98 Å². The smallest absolute Gasteiger partial charge is 0.254 e. The molecule has 0 saturated carbocycles. The van der Waals surface area contributed by atoms with Crippen LogP contribution in [0.4, 0.5) is 13.2 Å². The van der Waals surface area contributed by atoms with Gasteiger partial charge >= 0.3 is 6.18 Å². The minimum absolute atomic E-state index is 0.102. The van der Waals surface area contributed by atoms with Crippen LogP contribution in [-0.2, 0) is 6.18 Å². The summed E-state index contributed by atoms with van der Waals surface area (Å²) in [5.41, 5.74) is -0.684. The third kappa shape index (κ3) is 2.67. The highest BCUT2D eigenvalue weighted by Crippen LogP contribution is 2.35. The van der Waals surface area contributed by atoms with Crippen molar-refractivity contribution in [1.82, 2.24) is 15.0 Å². The standard InChI is InChI=1S/C14H7ClF3N3/c15-11-6-4-8-3-5-10(20-13(8)21-11)12-9(14(16,17)18)2-1-7-19-12/h1-7H. The van der Waals surface area contributed by atoms with Crippen molar-refractivity contribution in [2.45, 2.75) is 6.18 Å². The second-order valence-electron chi connectivity index (χ2n) is 4.27. The molecule has 0 aliphatic carbocycles. The van der Waals surface area contributed by atoms with Crippen LogP contribution in [0.15, 0.2) is 42.6 Å². The summed E-state index contributed by atoms with van der Waals surface area (Å²) in [6, 6.07) is 8.62. The molecule has 0 aromatic carbocycles. The highest BCUT2D eigenvalue weighted by Gasteiger charge is 2.34. The van der Waals surface area contributed by atoms with Gasteiger partial charge in [0.2, 0.25) is 0 Å². The van der Waals surface area contributed by atoms with Gasteiger partial charge in [0.05, 0.1) is 11.3 Å². The summed E-state index contributed by atoms with van der Waals surface area (Å²) < 4.78 is 39.0. The molecule has 0 atom stereocenters. The van der Waals surface area contributed by atoms with Crippen LogP contribution in [-0.4, -0.2) is 15.0 Å². The van der Waals surface area contributed by atoms with Crippen LogP contribution in [0.25, 0.3) is 22.4 Å². The monoisotopic (exact) mass is 309 g/mol. The second-order valence-corrected chi connectivity index (χ2v) is 4.66. The Kier molecular flexibility index (Phi) is 3.25. The zero-order chi connectivity index (χ0) is 15.0. The van der Waals surface area contributed by atoms with Crippen LogP contribution in [0.5, 0.6) is 0 Å². The highest BCUT2D eigenvalue weighted by molar-refractivity contribution is 6.29. The first-order valence-corrected chi connectivity index (χ1v) is 6.29. The molecule has 0 amide bonds. The minimum Gasteiger partial charge on any atom is -0.254 e. The Morgan fingerprint density at radius 1 is 0.952 bits per heavy atom. The van der Waals surface area contributed by atoms with Gasteiger partial charge < -0.3 is 0 Å². The van der Waals surface area contributed by atoms with Crippen molar-refractivity contribution in [3.63, 3.8) is 0 Å². The first kappa shape index (κ1) is 13.8. The molecule has 0 aliphatic heterocycles. The number of alkyl halides is 3. The first-order valence-electron chi connectivity index (χ1n) is 5.91. The molecule has 106 valence electrons. The third-order valence-electron chi connectivity index (χ3n) is 2.87. The van der Waals surface area contributed by atoms with E-state index < -0.39 is 11.7 Å². The van der Waals surface area contributed by atoms with Crippen molar-refractivity contribution in [2.75, 3.05) is 0 Å². The Balaban J connectivity index is 2.21. The minimum atomic E-state index is -4.50. The van der Waals surface area contributed by atoms with Crippen molar-refractivity contribution in [3.05, 3.63) is 53.3 Å². The molecule has 3 rings (SSSR count). The maximum atomic E-state index is 13.0. The zero-order valence-electron chi connectivity index (χ0n) is 10.4. The molecule has 3 nitrogen and oxygen atoms in total. The van der Waals surface area contributed by atoms with E-state index in [4.69, 9.17) is 11.6 Å². The largest absolute Gasteiger partial charge is 0.418 e. The Hall–Kier alpha value is -2.21. The molecule has 3 aromatic heterocycles. The van der Waals surface area contributed by atoms with E-state index in [9.17, 15) is 13.2 Å². The highest BCUT2D eigenvalue weighted by atomic mass is 35.5. The second kappa shape index (κ2) is 4.96. The van der Waals surface area contributed by atoms with Crippen molar-refractivity contribution in [3.8, 4) is 11.4 Å². The van der Waals surface area contributed by atoms with Crippen LogP contribution >= 0.6 is 11.6 Å². The summed E-state index contributed by atoms with van der Waals surface area (Å²) in [5.74, 6) is 0. The molecule has 0 spiro atoms. The maximum absolute atomic E-state index is 13.0. The van der Waals surface area contributed by atoms with E-state index in [1.54, 1.807) is 18.2 Å². The van der Waals surface area contributed by atoms with Gasteiger partial charge in [-0.2, -0.15) is 13.2 Å². The lowest BCUT2D eigenvalue weighted by molar-refractivity contribution is -0.137. The Morgan fingerprint density at radius 2 is 1.71 bits per heavy atom. The molecule has 0 N–H and O–H groups in total. The molecule has 0 saturated heterocycles. The molecule has 0 radical (unpaired) electrons. The summed E-state index contributed by atoms with van der Waals surface area (Å²) in [5, 5.41) is 0.914. The van der Waals surface area contributed by atoms with Crippen LogP contribution in [0, 0.1) is 0 Å². The first-order chi connectivity index (χ1) is 9.95. The number of pyridine rings is 3. The molecule has 0 bridgehead atoms. The lowest BCUT2D eigenvalue weighted by Crippen LogP contribution is -2.08. The van der Waals surface area contributed by atoms with E-state index >= 15 is 0 Å². The Bertz CT molecular complexity index is 818.